The van der Waals surface area contributed by atoms with Crippen LogP contribution in [0.15, 0.2) is 24.3 Å². The molecule has 0 saturated carbocycles. The lowest BCUT2D eigenvalue weighted by Gasteiger charge is -2.46. The van der Waals surface area contributed by atoms with E-state index in [0.717, 1.165) is 18.7 Å². The molecule has 1 saturated heterocycles. The van der Waals surface area contributed by atoms with E-state index in [2.05, 4.69) is 0 Å². The SMILES string of the molecule is CC(=O)O[C@@H]1[C@@H](OC(C)=O)[C@H](C)O[C@@H](N2C(=O)C(=O)c3ccccc32)[C@@H]1OC(C)=O. The lowest BCUT2D eigenvalue weighted by atomic mass is 9.97. The van der Waals surface area contributed by atoms with E-state index in [1.54, 1.807) is 25.1 Å². The third kappa shape index (κ3) is 3.90. The molecule has 0 bridgehead atoms. The molecule has 1 aromatic rings. The lowest BCUT2D eigenvalue weighted by Crippen LogP contribution is -2.65. The van der Waals surface area contributed by atoms with Gasteiger partial charge in [-0.1, -0.05) is 12.1 Å². The Kier molecular flexibility index (Phi) is 5.88. The Morgan fingerprint density at radius 3 is 2.00 bits per heavy atom. The molecule has 0 spiro atoms. The van der Waals surface area contributed by atoms with Crippen molar-refractivity contribution in [1.82, 2.24) is 0 Å². The highest BCUT2D eigenvalue weighted by molar-refractivity contribution is 6.52. The maximum absolute atomic E-state index is 12.8. The van der Waals surface area contributed by atoms with E-state index in [1.807, 2.05) is 0 Å². The second-order valence-corrected chi connectivity index (χ2v) is 6.98. The number of anilines is 1. The summed E-state index contributed by atoms with van der Waals surface area (Å²) in [5.41, 5.74) is 0.445. The van der Waals surface area contributed by atoms with Crippen molar-refractivity contribution in [3.63, 3.8) is 0 Å². The van der Waals surface area contributed by atoms with Crippen LogP contribution in [0.3, 0.4) is 0 Å². The van der Waals surface area contributed by atoms with Crippen molar-refractivity contribution >= 4 is 35.3 Å². The average Bonchev–Trinajstić information content (AvgIpc) is 2.90. The summed E-state index contributed by atoms with van der Waals surface area (Å²) < 4.78 is 21.8. The third-order valence-corrected chi connectivity index (χ3v) is 4.73. The van der Waals surface area contributed by atoms with E-state index in [4.69, 9.17) is 18.9 Å². The molecule has 10 heteroatoms. The van der Waals surface area contributed by atoms with Gasteiger partial charge in [0, 0.05) is 20.8 Å². The summed E-state index contributed by atoms with van der Waals surface area (Å²) >= 11 is 0. The molecule has 0 aromatic heterocycles. The number of hydrogen-bond acceptors (Lipinski definition) is 9. The molecule has 10 nitrogen and oxygen atoms in total. The van der Waals surface area contributed by atoms with Gasteiger partial charge in [-0.15, -0.1) is 0 Å². The Labute approximate surface area is 172 Å². The van der Waals surface area contributed by atoms with E-state index in [9.17, 15) is 24.0 Å². The van der Waals surface area contributed by atoms with Crippen LogP contribution in [0.4, 0.5) is 5.69 Å². The Morgan fingerprint density at radius 1 is 0.867 bits per heavy atom. The second kappa shape index (κ2) is 8.23. The molecule has 2 aliphatic rings. The van der Waals surface area contributed by atoms with Gasteiger partial charge in [-0.05, 0) is 19.1 Å². The van der Waals surface area contributed by atoms with Crippen LogP contribution in [0.5, 0.6) is 0 Å². The Balaban J connectivity index is 2.08. The number of amides is 1. The van der Waals surface area contributed by atoms with E-state index in [0.29, 0.717) is 0 Å². The number of carbonyl (C=O) groups is 5. The number of fused-ring (bicyclic) bond motifs is 1. The molecule has 0 unspecified atom stereocenters. The van der Waals surface area contributed by atoms with Gasteiger partial charge in [0.25, 0.3) is 5.78 Å². The summed E-state index contributed by atoms with van der Waals surface area (Å²) in [5.74, 6) is -3.74. The summed E-state index contributed by atoms with van der Waals surface area (Å²) in [6.07, 6.45) is -5.86. The summed E-state index contributed by atoms with van der Waals surface area (Å²) in [6, 6.07) is 6.29. The summed E-state index contributed by atoms with van der Waals surface area (Å²) in [4.78, 5) is 61.4. The first-order valence-corrected chi connectivity index (χ1v) is 9.25. The molecule has 1 amide bonds. The van der Waals surface area contributed by atoms with E-state index in [1.165, 1.54) is 13.0 Å². The van der Waals surface area contributed by atoms with Crippen LogP contribution >= 0.6 is 0 Å². The third-order valence-electron chi connectivity index (χ3n) is 4.73. The van der Waals surface area contributed by atoms with Crippen molar-refractivity contribution < 1.29 is 42.9 Å². The molecule has 2 aliphatic heterocycles. The van der Waals surface area contributed by atoms with Gasteiger partial charge in [0.15, 0.2) is 24.5 Å². The predicted molar refractivity (Wildman–Crippen MR) is 99.3 cm³/mol. The van der Waals surface area contributed by atoms with Crippen molar-refractivity contribution in [2.45, 2.75) is 58.3 Å². The highest BCUT2D eigenvalue weighted by Gasteiger charge is 2.55. The number of carbonyl (C=O) groups excluding carboxylic acids is 5. The Morgan fingerprint density at radius 2 is 1.40 bits per heavy atom. The van der Waals surface area contributed by atoms with Crippen LogP contribution in [-0.4, -0.2) is 60.2 Å². The maximum atomic E-state index is 12.8. The van der Waals surface area contributed by atoms with Gasteiger partial charge >= 0.3 is 23.8 Å². The van der Waals surface area contributed by atoms with E-state index in [-0.39, 0.29) is 11.3 Å². The molecule has 5 atom stereocenters. The van der Waals surface area contributed by atoms with Crippen molar-refractivity contribution in [2.24, 2.45) is 0 Å². The summed E-state index contributed by atoms with van der Waals surface area (Å²) in [6.45, 7) is 5.00. The standard InChI is InChI=1S/C20H21NO9/c1-9-16(28-10(2)22)17(29-11(3)23)18(30-12(4)24)20(27-9)21-14-8-6-5-7-13(14)15(25)19(21)26/h5-9,16-18,20H,1-4H3/t9-,16-,17+,18+,20+/m0/s1. The zero-order valence-electron chi connectivity index (χ0n) is 16.8. The number of esters is 3. The number of hydrogen-bond donors (Lipinski definition) is 0. The molecule has 30 heavy (non-hydrogen) atoms. The number of ketones is 1. The fourth-order valence-electron chi connectivity index (χ4n) is 3.66. The number of nitrogens with zero attached hydrogens (tertiary/aromatic N) is 1. The van der Waals surface area contributed by atoms with Crippen molar-refractivity contribution in [3.05, 3.63) is 29.8 Å². The first-order chi connectivity index (χ1) is 14.1. The Bertz CT molecular complexity index is 911. The van der Waals surface area contributed by atoms with Crippen LogP contribution in [0, 0.1) is 0 Å². The molecule has 0 N–H and O–H groups in total. The zero-order chi connectivity index (χ0) is 22.2. The van der Waals surface area contributed by atoms with Crippen molar-refractivity contribution in [1.29, 1.82) is 0 Å². The number of ether oxygens (including phenoxy) is 4. The van der Waals surface area contributed by atoms with Crippen LogP contribution in [0.2, 0.25) is 0 Å². The molecule has 1 aromatic carbocycles. The molecule has 0 aliphatic carbocycles. The lowest BCUT2D eigenvalue weighted by molar-refractivity contribution is -0.242. The second-order valence-electron chi connectivity index (χ2n) is 6.98. The van der Waals surface area contributed by atoms with Crippen LogP contribution in [0.1, 0.15) is 38.1 Å². The summed E-state index contributed by atoms with van der Waals surface area (Å²) in [7, 11) is 0. The molecule has 2 heterocycles. The highest BCUT2D eigenvalue weighted by Crippen LogP contribution is 2.37. The van der Waals surface area contributed by atoms with Crippen molar-refractivity contribution in [3.8, 4) is 0 Å². The van der Waals surface area contributed by atoms with Crippen molar-refractivity contribution in [2.75, 3.05) is 4.90 Å². The predicted octanol–water partition coefficient (Wildman–Crippen LogP) is 0.756. The number of para-hydroxylation sites is 1. The van der Waals surface area contributed by atoms with Crippen LogP contribution < -0.4 is 4.90 Å². The topological polar surface area (TPSA) is 126 Å². The van der Waals surface area contributed by atoms with Gasteiger partial charge in [-0.3, -0.25) is 28.9 Å². The number of rotatable bonds is 4. The number of benzene rings is 1. The van der Waals surface area contributed by atoms with Crippen LogP contribution in [0.25, 0.3) is 0 Å². The molecule has 0 radical (unpaired) electrons. The van der Waals surface area contributed by atoms with Crippen LogP contribution in [-0.2, 0) is 38.1 Å². The zero-order valence-corrected chi connectivity index (χ0v) is 16.8. The van der Waals surface area contributed by atoms with Gasteiger partial charge in [0.2, 0.25) is 0 Å². The smallest absolute Gasteiger partial charge is 0.303 e. The minimum atomic E-state index is -1.35. The normalized spacial score (nSPS) is 28.0. The van der Waals surface area contributed by atoms with Gasteiger partial charge in [0.1, 0.15) is 0 Å². The number of Topliss-reactive ketones (excluding diaryl/α,β-unsaturated/α-hetero) is 1. The molecular formula is C20H21NO9. The van der Waals surface area contributed by atoms with Gasteiger partial charge < -0.3 is 18.9 Å². The Hall–Kier alpha value is -3.27. The van der Waals surface area contributed by atoms with Gasteiger partial charge in [0.05, 0.1) is 17.4 Å². The molecular weight excluding hydrogens is 398 g/mol. The minimum Gasteiger partial charge on any atom is -0.456 e. The van der Waals surface area contributed by atoms with Gasteiger partial charge in [-0.2, -0.15) is 0 Å². The van der Waals surface area contributed by atoms with E-state index >= 15 is 0 Å². The summed E-state index contributed by atoms with van der Waals surface area (Å²) in [5, 5.41) is 0. The van der Waals surface area contributed by atoms with Gasteiger partial charge in [-0.25, -0.2) is 0 Å². The average molecular weight is 419 g/mol. The first kappa shape index (κ1) is 21.4. The fraction of sp³-hybridized carbons (Fsp3) is 0.450. The minimum absolute atomic E-state index is 0.173. The largest absolute Gasteiger partial charge is 0.456 e. The maximum Gasteiger partial charge on any atom is 0.303 e. The fourth-order valence-corrected chi connectivity index (χ4v) is 3.66. The first-order valence-electron chi connectivity index (χ1n) is 9.25. The molecule has 160 valence electrons. The quantitative estimate of drug-likeness (QED) is 0.395. The van der Waals surface area contributed by atoms with E-state index < -0.39 is 60.2 Å². The monoisotopic (exact) mass is 419 g/mol. The molecule has 1 fully saturated rings. The molecule has 3 rings (SSSR count). The highest BCUT2D eigenvalue weighted by atomic mass is 16.7.